The van der Waals surface area contributed by atoms with Crippen LogP contribution in [-0.4, -0.2) is 42.5 Å². The highest BCUT2D eigenvalue weighted by atomic mass is 16.5. The second-order valence-electron chi connectivity index (χ2n) is 4.69. The van der Waals surface area contributed by atoms with Gasteiger partial charge in [0.15, 0.2) is 6.29 Å². The fraction of sp³-hybridized carbons (Fsp3) is 0.643. The number of aldehydes is 1. The van der Waals surface area contributed by atoms with Crippen molar-refractivity contribution < 1.29 is 9.53 Å². The molecule has 18 heavy (non-hydrogen) atoms. The third-order valence-electron chi connectivity index (χ3n) is 3.65. The van der Waals surface area contributed by atoms with Crippen molar-refractivity contribution in [3.8, 4) is 0 Å². The van der Waals surface area contributed by atoms with E-state index in [1.807, 2.05) is 0 Å². The van der Waals surface area contributed by atoms with Crippen molar-refractivity contribution in [2.75, 3.05) is 26.3 Å². The molecule has 0 amide bonds. The summed E-state index contributed by atoms with van der Waals surface area (Å²) in [6, 6.07) is 0. The Kier molecular flexibility index (Phi) is 4.55. The zero-order chi connectivity index (χ0) is 13.0. The topological polar surface area (TPSA) is 45.3 Å². The number of H-pyrrole nitrogens is 1. The van der Waals surface area contributed by atoms with Crippen molar-refractivity contribution in [3.05, 3.63) is 22.5 Å². The van der Waals surface area contributed by atoms with Gasteiger partial charge in [-0.1, -0.05) is 13.8 Å². The van der Waals surface area contributed by atoms with Crippen LogP contribution >= 0.6 is 0 Å². The fourth-order valence-electron chi connectivity index (χ4n) is 2.64. The van der Waals surface area contributed by atoms with Crippen molar-refractivity contribution in [1.82, 2.24) is 9.88 Å². The summed E-state index contributed by atoms with van der Waals surface area (Å²) in [7, 11) is 0. The maximum absolute atomic E-state index is 11.1. The highest BCUT2D eigenvalue weighted by Gasteiger charge is 2.18. The maximum atomic E-state index is 11.1. The molecule has 0 aromatic carbocycles. The van der Waals surface area contributed by atoms with Gasteiger partial charge in [0.2, 0.25) is 0 Å². The van der Waals surface area contributed by atoms with Gasteiger partial charge in [0.05, 0.1) is 18.9 Å². The number of nitrogens with zero attached hydrogens (tertiary/aromatic N) is 1. The van der Waals surface area contributed by atoms with Crippen LogP contribution in [0.2, 0.25) is 0 Å². The molecule has 1 aliphatic rings. The normalized spacial score (nSPS) is 17.0. The second kappa shape index (κ2) is 6.16. The highest BCUT2D eigenvalue weighted by Crippen LogP contribution is 2.22. The minimum Gasteiger partial charge on any atom is -0.379 e. The maximum Gasteiger partial charge on any atom is 0.166 e. The first-order valence-corrected chi connectivity index (χ1v) is 6.78. The molecule has 1 aromatic heterocycles. The van der Waals surface area contributed by atoms with E-state index in [2.05, 4.69) is 23.7 Å². The lowest BCUT2D eigenvalue weighted by atomic mass is 10.0. The van der Waals surface area contributed by atoms with Gasteiger partial charge in [0.1, 0.15) is 0 Å². The van der Waals surface area contributed by atoms with Crippen LogP contribution in [0.5, 0.6) is 0 Å². The Morgan fingerprint density at radius 2 is 1.94 bits per heavy atom. The molecular formula is C14H22N2O2. The zero-order valence-corrected chi connectivity index (χ0v) is 11.3. The molecule has 2 heterocycles. The van der Waals surface area contributed by atoms with Gasteiger partial charge in [-0.3, -0.25) is 9.69 Å². The monoisotopic (exact) mass is 250 g/mol. The van der Waals surface area contributed by atoms with Gasteiger partial charge in [-0.25, -0.2) is 0 Å². The van der Waals surface area contributed by atoms with Gasteiger partial charge in [-0.15, -0.1) is 0 Å². The number of carbonyl (C=O) groups excluding carboxylic acids is 1. The van der Waals surface area contributed by atoms with Crippen LogP contribution in [0, 0.1) is 0 Å². The lowest BCUT2D eigenvalue weighted by Crippen LogP contribution is -2.36. The van der Waals surface area contributed by atoms with Crippen molar-refractivity contribution in [3.63, 3.8) is 0 Å². The molecule has 0 spiro atoms. The number of carbonyl (C=O) groups is 1. The number of rotatable bonds is 5. The molecule has 1 aliphatic heterocycles. The number of aromatic nitrogens is 1. The molecule has 0 aliphatic carbocycles. The first kappa shape index (κ1) is 13.3. The van der Waals surface area contributed by atoms with E-state index in [1.54, 1.807) is 0 Å². The molecule has 100 valence electrons. The van der Waals surface area contributed by atoms with Crippen LogP contribution in [0.3, 0.4) is 0 Å². The van der Waals surface area contributed by atoms with E-state index in [4.69, 9.17) is 4.74 Å². The van der Waals surface area contributed by atoms with Crippen LogP contribution in [0.15, 0.2) is 0 Å². The molecule has 4 nitrogen and oxygen atoms in total. The molecule has 4 heteroatoms. The van der Waals surface area contributed by atoms with E-state index < -0.39 is 0 Å². The van der Waals surface area contributed by atoms with Gasteiger partial charge in [0.25, 0.3) is 0 Å². The summed E-state index contributed by atoms with van der Waals surface area (Å²) in [6.45, 7) is 8.75. The van der Waals surface area contributed by atoms with E-state index in [-0.39, 0.29) is 0 Å². The summed E-state index contributed by atoms with van der Waals surface area (Å²) in [6.07, 6.45) is 2.80. The van der Waals surface area contributed by atoms with Crippen LogP contribution < -0.4 is 0 Å². The number of hydrogen-bond donors (Lipinski definition) is 1. The quantitative estimate of drug-likeness (QED) is 0.810. The summed E-state index contributed by atoms with van der Waals surface area (Å²) in [5.41, 5.74) is 4.48. The van der Waals surface area contributed by atoms with E-state index in [0.29, 0.717) is 0 Å². The number of aryl methyl sites for hydroxylation is 1. The summed E-state index contributed by atoms with van der Waals surface area (Å²) in [5, 5.41) is 0. The number of nitrogens with one attached hydrogen (secondary N) is 1. The van der Waals surface area contributed by atoms with Gasteiger partial charge < -0.3 is 9.72 Å². The van der Waals surface area contributed by atoms with Crippen LogP contribution in [0.1, 0.15) is 41.2 Å². The average molecular weight is 250 g/mol. The molecule has 1 N–H and O–H groups in total. The fourth-order valence-corrected chi connectivity index (χ4v) is 2.64. The Labute approximate surface area is 108 Å². The summed E-state index contributed by atoms with van der Waals surface area (Å²) < 4.78 is 5.37. The van der Waals surface area contributed by atoms with Crippen LogP contribution in [0.4, 0.5) is 0 Å². The molecule has 0 unspecified atom stereocenters. The summed E-state index contributed by atoms with van der Waals surface area (Å²) in [4.78, 5) is 16.8. The third-order valence-corrected chi connectivity index (χ3v) is 3.65. The molecule has 0 radical (unpaired) electrons. The molecular weight excluding hydrogens is 228 g/mol. The first-order chi connectivity index (χ1) is 8.80. The second-order valence-corrected chi connectivity index (χ2v) is 4.69. The lowest BCUT2D eigenvalue weighted by Gasteiger charge is -2.27. The highest BCUT2D eigenvalue weighted by molar-refractivity contribution is 5.76. The molecule has 1 saturated heterocycles. The average Bonchev–Trinajstić information content (AvgIpc) is 2.77. The van der Waals surface area contributed by atoms with Crippen molar-refractivity contribution in [2.24, 2.45) is 0 Å². The minimum absolute atomic E-state index is 0.762. The van der Waals surface area contributed by atoms with Crippen LogP contribution in [-0.2, 0) is 24.1 Å². The molecule has 1 fully saturated rings. The van der Waals surface area contributed by atoms with Gasteiger partial charge in [0, 0.05) is 25.3 Å². The van der Waals surface area contributed by atoms with Crippen molar-refractivity contribution >= 4 is 6.29 Å². The predicted molar refractivity (Wildman–Crippen MR) is 71.0 cm³/mol. The molecule has 2 rings (SSSR count). The predicted octanol–water partition coefficient (Wildman–Crippen LogP) is 1.78. The summed E-state index contributed by atoms with van der Waals surface area (Å²) in [5.74, 6) is 0. The Balaban J connectivity index is 2.23. The number of ether oxygens (including phenoxy) is 1. The largest absolute Gasteiger partial charge is 0.379 e. The Bertz CT molecular complexity index is 406. The van der Waals surface area contributed by atoms with E-state index in [1.165, 1.54) is 16.8 Å². The first-order valence-electron chi connectivity index (χ1n) is 6.78. The SMILES string of the molecule is CCc1[nH]c(C=O)c(CC)c1CN1CCOCC1. The molecule has 1 aromatic rings. The Morgan fingerprint density at radius 1 is 1.22 bits per heavy atom. The minimum atomic E-state index is 0.762. The Morgan fingerprint density at radius 3 is 2.50 bits per heavy atom. The van der Waals surface area contributed by atoms with Gasteiger partial charge in [-0.05, 0) is 24.0 Å². The van der Waals surface area contributed by atoms with Gasteiger partial charge >= 0.3 is 0 Å². The lowest BCUT2D eigenvalue weighted by molar-refractivity contribution is 0.0340. The summed E-state index contributed by atoms with van der Waals surface area (Å²) >= 11 is 0. The van der Waals surface area contributed by atoms with E-state index in [0.717, 1.165) is 57.7 Å². The number of hydrogen-bond acceptors (Lipinski definition) is 3. The molecule has 0 saturated carbocycles. The van der Waals surface area contributed by atoms with Crippen molar-refractivity contribution in [2.45, 2.75) is 33.2 Å². The van der Waals surface area contributed by atoms with Crippen molar-refractivity contribution in [1.29, 1.82) is 0 Å². The number of aromatic amines is 1. The zero-order valence-electron chi connectivity index (χ0n) is 11.3. The molecule has 0 atom stereocenters. The van der Waals surface area contributed by atoms with E-state index in [9.17, 15) is 4.79 Å². The third kappa shape index (κ3) is 2.65. The number of morpholine rings is 1. The van der Waals surface area contributed by atoms with E-state index >= 15 is 0 Å². The standard InChI is InChI=1S/C14H22N2O2/c1-3-11-12(9-16-5-7-18-8-6-16)13(4-2)15-14(11)10-17/h10,15H,3-9H2,1-2H3. The smallest absolute Gasteiger partial charge is 0.166 e. The Hall–Kier alpha value is -1.13. The molecule has 0 bridgehead atoms. The van der Waals surface area contributed by atoms with Gasteiger partial charge in [-0.2, -0.15) is 0 Å². The van der Waals surface area contributed by atoms with Crippen LogP contribution in [0.25, 0.3) is 0 Å².